The van der Waals surface area contributed by atoms with Crippen molar-refractivity contribution in [2.75, 3.05) is 18.5 Å². The molecular weight excluding hydrogens is 390 g/mol. The zero-order valence-corrected chi connectivity index (χ0v) is 15.3. The van der Waals surface area contributed by atoms with E-state index in [0.717, 1.165) is 11.6 Å². The molecule has 0 aliphatic rings. The quantitative estimate of drug-likeness (QED) is 0.393. The van der Waals surface area contributed by atoms with E-state index >= 15 is 0 Å². The number of hydrogen-bond donors (Lipinski definition) is 2. The number of rotatable bonds is 8. The summed E-state index contributed by atoms with van der Waals surface area (Å²) in [6.07, 6.45) is 0.118. The van der Waals surface area contributed by atoms with Gasteiger partial charge in [0.25, 0.3) is 11.6 Å². The van der Waals surface area contributed by atoms with Crippen molar-refractivity contribution in [2.24, 2.45) is 0 Å². The maximum atomic E-state index is 11.8. The van der Waals surface area contributed by atoms with Gasteiger partial charge in [-0.1, -0.05) is 41.9 Å². The molecule has 2 aromatic carbocycles. The van der Waals surface area contributed by atoms with E-state index < -0.39 is 23.4 Å². The third-order valence-corrected chi connectivity index (χ3v) is 3.75. The van der Waals surface area contributed by atoms with Crippen molar-refractivity contribution in [1.29, 1.82) is 0 Å². The van der Waals surface area contributed by atoms with Crippen LogP contribution in [0.1, 0.15) is 5.56 Å². The topological polar surface area (TPSA) is 128 Å². The van der Waals surface area contributed by atoms with Gasteiger partial charge in [-0.05, 0) is 11.6 Å². The molecule has 0 heterocycles. The molecule has 0 radical (unpaired) electrons. The van der Waals surface area contributed by atoms with E-state index in [1.165, 1.54) is 12.1 Å². The highest BCUT2D eigenvalue weighted by Gasteiger charge is 2.13. The number of non-ortho nitro benzene ring substituents is 1. The number of ether oxygens (including phenoxy) is 1. The lowest BCUT2D eigenvalue weighted by Gasteiger charge is -2.08. The number of halogens is 1. The van der Waals surface area contributed by atoms with E-state index in [2.05, 4.69) is 10.6 Å². The van der Waals surface area contributed by atoms with Gasteiger partial charge in [0.05, 0.1) is 22.1 Å². The normalized spacial score (nSPS) is 10.0. The summed E-state index contributed by atoms with van der Waals surface area (Å²) in [4.78, 5) is 45.2. The third-order valence-electron chi connectivity index (χ3n) is 3.44. The van der Waals surface area contributed by atoms with Crippen molar-refractivity contribution in [2.45, 2.75) is 6.42 Å². The number of amides is 2. The van der Waals surface area contributed by atoms with Crippen LogP contribution < -0.4 is 10.6 Å². The number of nitrogens with one attached hydrogen (secondary N) is 2. The number of nitro benzene ring substituents is 1. The fraction of sp³-hybridized carbons (Fsp3) is 0.167. The van der Waals surface area contributed by atoms with Gasteiger partial charge in [0.1, 0.15) is 6.54 Å². The number of carbonyl (C=O) groups excluding carboxylic acids is 3. The van der Waals surface area contributed by atoms with Crippen LogP contribution in [0.3, 0.4) is 0 Å². The van der Waals surface area contributed by atoms with Crippen molar-refractivity contribution in [1.82, 2.24) is 5.32 Å². The molecule has 0 aliphatic carbocycles. The van der Waals surface area contributed by atoms with Crippen molar-refractivity contribution < 1.29 is 24.0 Å². The molecule has 0 saturated heterocycles. The summed E-state index contributed by atoms with van der Waals surface area (Å²) in [5.74, 6) is -1.82. The lowest BCUT2D eigenvalue weighted by atomic mass is 10.1. The summed E-state index contributed by atoms with van der Waals surface area (Å²) in [5.41, 5.74) is 0.720. The molecule has 0 bridgehead atoms. The zero-order chi connectivity index (χ0) is 20.5. The Kier molecular flexibility index (Phi) is 7.46. The molecule has 2 N–H and O–H groups in total. The Bertz CT molecular complexity index is 888. The SMILES string of the molecule is O=C(Cc1ccccc1)NCC(=O)OCC(=O)Nc1ccc([N+](=O)[O-])cc1Cl. The van der Waals surface area contributed by atoms with E-state index in [9.17, 15) is 24.5 Å². The van der Waals surface area contributed by atoms with Gasteiger partial charge in [-0.2, -0.15) is 0 Å². The first-order chi connectivity index (χ1) is 13.3. The molecule has 0 aliphatic heterocycles. The van der Waals surface area contributed by atoms with Crippen LogP contribution in [0.25, 0.3) is 0 Å². The Balaban J connectivity index is 1.72. The van der Waals surface area contributed by atoms with E-state index in [4.69, 9.17) is 16.3 Å². The molecule has 2 rings (SSSR count). The van der Waals surface area contributed by atoms with E-state index in [-0.39, 0.29) is 35.3 Å². The van der Waals surface area contributed by atoms with Gasteiger partial charge in [0, 0.05) is 12.1 Å². The number of hydrogen-bond acceptors (Lipinski definition) is 6. The number of nitrogens with zero attached hydrogens (tertiary/aromatic N) is 1. The number of carbonyl (C=O) groups is 3. The van der Waals surface area contributed by atoms with Crippen LogP contribution in [0, 0.1) is 10.1 Å². The summed E-state index contributed by atoms with van der Waals surface area (Å²) in [6.45, 7) is -0.974. The van der Waals surface area contributed by atoms with Gasteiger partial charge < -0.3 is 15.4 Å². The standard InChI is InChI=1S/C18H16ClN3O6/c19-14-9-13(22(26)27)6-7-15(14)21-17(24)11-28-18(25)10-20-16(23)8-12-4-2-1-3-5-12/h1-7,9H,8,10-11H2,(H,20,23)(H,21,24). The van der Waals surface area contributed by atoms with Gasteiger partial charge in [0.15, 0.2) is 6.61 Å². The zero-order valence-electron chi connectivity index (χ0n) is 14.5. The van der Waals surface area contributed by atoms with Crippen LogP contribution in [0.2, 0.25) is 5.02 Å². The lowest BCUT2D eigenvalue weighted by Crippen LogP contribution is -2.33. The Hall–Kier alpha value is -3.46. The Morgan fingerprint density at radius 3 is 2.43 bits per heavy atom. The maximum Gasteiger partial charge on any atom is 0.325 e. The van der Waals surface area contributed by atoms with Crippen molar-refractivity contribution in [3.8, 4) is 0 Å². The average Bonchev–Trinajstić information content (AvgIpc) is 2.67. The number of benzene rings is 2. The molecule has 0 aromatic heterocycles. The molecule has 0 unspecified atom stereocenters. The van der Waals surface area contributed by atoms with Gasteiger partial charge in [-0.15, -0.1) is 0 Å². The fourth-order valence-corrected chi connectivity index (χ4v) is 2.34. The highest BCUT2D eigenvalue weighted by Crippen LogP contribution is 2.26. The van der Waals surface area contributed by atoms with Gasteiger partial charge in [0.2, 0.25) is 5.91 Å². The number of esters is 1. The molecule has 28 heavy (non-hydrogen) atoms. The molecule has 9 nitrogen and oxygen atoms in total. The minimum absolute atomic E-state index is 0.0259. The Labute approximate surface area is 164 Å². The van der Waals surface area contributed by atoms with Crippen LogP contribution in [-0.2, 0) is 25.5 Å². The van der Waals surface area contributed by atoms with Crippen molar-refractivity contribution in [3.63, 3.8) is 0 Å². The first-order valence-corrected chi connectivity index (χ1v) is 8.43. The second-order valence-corrected chi connectivity index (χ2v) is 5.98. The Morgan fingerprint density at radius 2 is 1.79 bits per heavy atom. The first-order valence-electron chi connectivity index (χ1n) is 8.05. The predicted octanol–water partition coefficient (Wildman–Crippen LogP) is 2.09. The summed E-state index contributed by atoms with van der Waals surface area (Å²) < 4.78 is 4.76. The second-order valence-electron chi connectivity index (χ2n) is 5.57. The minimum Gasteiger partial charge on any atom is -0.454 e. The van der Waals surface area contributed by atoms with Crippen molar-refractivity contribution >= 4 is 40.8 Å². The molecule has 146 valence electrons. The largest absolute Gasteiger partial charge is 0.454 e. The second kappa shape index (κ2) is 10.0. The highest BCUT2D eigenvalue weighted by atomic mass is 35.5. The summed E-state index contributed by atoms with van der Waals surface area (Å²) in [7, 11) is 0. The van der Waals surface area contributed by atoms with Crippen LogP contribution in [0.4, 0.5) is 11.4 Å². The first kappa shape index (κ1) is 20.8. The average molecular weight is 406 g/mol. The molecule has 0 atom stereocenters. The molecule has 0 spiro atoms. The van der Waals surface area contributed by atoms with Gasteiger partial charge in [-0.3, -0.25) is 24.5 Å². The smallest absolute Gasteiger partial charge is 0.325 e. The van der Waals surface area contributed by atoms with Crippen LogP contribution in [0.15, 0.2) is 48.5 Å². The molecule has 0 fully saturated rings. The van der Waals surface area contributed by atoms with Crippen LogP contribution in [-0.4, -0.2) is 35.9 Å². The minimum atomic E-state index is -0.786. The van der Waals surface area contributed by atoms with Crippen LogP contribution in [0.5, 0.6) is 0 Å². The van der Waals surface area contributed by atoms with Gasteiger partial charge >= 0.3 is 5.97 Å². The van der Waals surface area contributed by atoms with E-state index in [1.807, 2.05) is 6.07 Å². The Morgan fingerprint density at radius 1 is 1.07 bits per heavy atom. The molecule has 0 saturated carbocycles. The maximum absolute atomic E-state index is 11.8. The summed E-state index contributed by atoms with van der Waals surface area (Å²) in [5, 5.41) is 15.4. The molecule has 2 amide bonds. The number of anilines is 1. The lowest BCUT2D eigenvalue weighted by molar-refractivity contribution is -0.384. The highest BCUT2D eigenvalue weighted by molar-refractivity contribution is 6.34. The fourth-order valence-electron chi connectivity index (χ4n) is 2.12. The molecular formula is C18H16ClN3O6. The number of nitro groups is 1. The van der Waals surface area contributed by atoms with Gasteiger partial charge in [-0.25, -0.2) is 0 Å². The van der Waals surface area contributed by atoms with E-state index in [1.54, 1.807) is 24.3 Å². The van der Waals surface area contributed by atoms with E-state index in [0.29, 0.717) is 0 Å². The predicted molar refractivity (Wildman–Crippen MR) is 101 cm³/mol. The molecule has 2 aromatic rings. The third kappa shape index (κ3) is 6.69. The monoisotopic (exact) mass is 405 g/mol. The van der Waals surface area contributed by atoms with Crippen LogP contribution >= 0.6 is 11.6 Å². The summed E-state index contributed by atoms with van der Waals surface area (Å²) in [6, 6.07) is 12.5. The van der Waals surface area contributed by atoms with Crippen molar-refractivity contribution in [3.05, 3.63) is 69.2 Å². The summed E-state index contributed by atoms with van der Waals surface area (Å²) >= 11 is 5.86. The molecule has 10 heteroatoms.